The highest BCUT2D eigenvalue weighted by Gasteiger charge is 2.26. The Labute approximate surface area is 150 Å². The zero-order valence-corrected chi connectivity index (χ0v) is 14.4. The maximum atomic E-state index is 11.9. The summed E-state index contributed by atoms with van der Waals surface area (Å²) in [5.74, 6) is 0.165. The molecule has 2 aliphatic rings. The van der Waals surface area contributed by atoms with Gasteiger partial charge in [-0.05, 0) is 17.7 Å². The van der Waals surface area contributed by atoms with Crippen molar-refractivity contribution in [1.82, 2.24) is 30.5 Å². The van der Waals surface area contributed by atoms with E-state index in [1.54, 1.807) is 10.9 Å². The molecule has 3 amide bonds. The van der Waals surface area contributed by atoms with Crippen molar-refractivity contribution >= 4 is 17.8 Å². The number of piperazine rings is 1. The average Bonchev–Trinajstić information content (AvgIpc) is 3.13. The molecule has 136 valence electrons. The van der Waals surface area contributed by atoms with Gasteiger partial charge in [0.25, 0.3) is 0 Å². The van der Waals surface area contributed by atoms with Crippen LogP contribution < -0.4 is 15.5 Å². The highest BCUT2D eigenvalue weighted by atomic mass is 16.2. The molecule has 0 spiro atoms. The maximum absolute atomic E-state index is 11.9. The van der Waals surface area contributed by atoms with Gasteiger partial charge in [0.1, 0.15) is 0 Å². The summed E-state index contributed by atoms with van der Waals surface area (Å²) in [5, 5.41) is 13.8. The molecular weight excluding hydrogens is 334 g/mol. The smallest absolute Gasteiger partial charge is 0.314 e. The number of carbonyl (C=O) groups is 2. The Morgan fingerprint density at radius 2 is 1.81 bits per heavy atom. The van der Waals surface area contributed by atoms with Gasteiger partial charge in [0, 0.05) is 45.7 Å². The number of amides is 3. The van der Waals surface area contributed by atoms with Crippen LogP contribution in [0.25, 0.3) is 5.69 Å². The van der Waals surface area contributed by atoms with Crippen molar-refractivity contribution in [3.05, 3.63) is 36.0 Å². The summed E-state index contributed by atoms with van der Waals surface area (Å²) in [6.45, 7) is 5.45. The van der Waals surface area contributed by atoms with Gasteiger partial charge in [0.05, 0.1) is 11.9 Å². The molecule has 2 fully saturated rings. The summed E-state index contributed by atoms with van der Waals surface area (Å²) in [6, 6.07) is 7.71. The molecule has 0 aliphatic carbocycles. The second-order valence-corrected chi connectivity index (χ2v) is 6.47. The fourth-order valence-corrected chi connectivity index (χ4v) is 3.17. The monoisotopic (exact) mass is 355 g/mol. The van der Waals surface area contributed by atoms with Crippen LogP contribution in [0.15, 0.2) is 30.5 Å². The lowest BCUT2D eigenvalue weighted by Gasteiger charge is -2.27. The van der Waals surface area contributed by atoms with Gasteiger partial charge in [-0.25, -0.2) is 9.48 Å². The zero-order valence-electron chi connectivity index (χ0n) is 14.4. The van der Waals surface area contributed by atoms with E-state index >= 15 is 0 Å². The second kappa shape index (κ2) is 7.22. The lowest BCUT2D eigenvalue weighted by Crippen LogP contribution is -2.49. The molecule has 4 rings (SSSR count). The van der Waals surface area contributed by atoms with Gasteiger partial charge < -0.3 is 5.32 Å². The van der Waals surface area contributed by atoms with Crippen LogP contribution in [0.3, 0.4) is 0 Å². The van der Waals surface area contributed by atoms with E-state index in [2.05, 4.69) is 38.0 Å². The van der Waals surface area contributed by atoms with Crippen LogP contribution in [0.4, 0.5) is 10.6 Å². The van der Waals surface area contributed by atoms with E-state index in [-0.39, 0.29) is 12.3 Å². The number of anilines is 1. The highest BCUT2D eigenvalue weighted by Crippen LogP contribution is 2.16. The summed E-state index contributed by atoms with van der Waals surface area (Å²) in [6.07, 6.45) is 1.96. The fraction of sp³-hybridized carbons (Fsp3) is 0.412. The fourth-order valence-electron chi connectivity index (χ4n) is 3.17. The van der Waals surface area contributed by atoms with Crippen LogP contribution in [-0.4, -0.2) is 64.6 Å². The molecule has 2 saturated heterocycles. The minimum Gasteiger partial charge on any atom is -0.314 e. The Morgan fingerprint density at radius 1 is 1.04 bits per heavy atom. The third kappa shape index (κ3) is 3.58. The number of urea groups is 1. The van der Waals surface area contributed by atoms with Crippen LogP contribution in [0.2, 0.25) is 0 Å². The largest absolute Gasteiger partial charge is 0.329 e. The van der Waals surface area contributed by atoms with Gasteiger partial charge in [-0.1, -0.05) is 17.3 Å². The first-order valence-corrected chi connectivity index (χ1v) is 8.75. The quantitative estimate of drug-likeness (QED) is 0.809. The minimum absolute atomic E-state index is 0.263. The zero-order chi connectivity index (χ0) is 17.9. The molecule has 2 N–H and O–H groups in total. The number of rotatable bonds is 4. The molecule has 0 saturated carbocycles. The lowest BCUT2D eigenvalue weighted by atomic mass is 10.2. The van der Waals surface area contributed by atoms with Gasteiger partial charge in [-0.15, -0.1) is 5.10 Å². The number of carbonyl (C=O) groups excluding carboxylic acids is 2. The molecule has 2 aromatic rings. The Bertz CT molecular complexity index is 796. The normalized spacial score (nSPS) is 18.8. The van der Waals surface area contributed by atoms with E-state index in [1.807, 2.05) is 12.1 Å². The van der Waals surface area contributed by atoms with E-state index in [1.165, 1.54) is 10.5 Å². The van der Waals surface area contributed by atoms with Gasteiger partial charge in [-0.3, -0.25) is 19.9 Å². The van der Waals surface area contributed by atoms with Gasteiger partial charge in [0.2, 0.25) is 5.91 Å². The van der Waals surface area contributed by atoms with E-state index in [0.29, 0.717) is 12.4 Å². The third-order valence-corrected chi connectivity index (χ3v) is 4.63. The standard InChI is InChI=1S/C17H21N7O2/c25-16-5-8-23(17(26)19-16)15-12-24(21-20-15)14-3-1-13(2-4-14)11-22-9-6-18-7-10-22/h1-4,12,18H,5-11H2,(H,19,25,26). The van der Waals surface area contributed by atoms with Crippen LogP contribution in [-0.2, 0) is 11.3 Å². The molecule has 0 bridgehead atoms. The Hall–Kier alpha value is -2.78. The summed E-state index contributed by atoms with van der Waals surface area (Å²) in [5.41, 5.74) is 2.13. The van der Waals surface area contributed by atoms with E-state index in [9.17, 15) is 9.59 Å². The van der Waals surface area contributed by atoms with E-state index < -0.39 is 6.03 Å². The van der Waals surface area contributed by atoms with E-state index in [4.69, 9.17) is 0 Å². The van der Waals surface area contributed by atoms with Crippen LogP contribution >= 0.6 is 0 Å². The van der Waals surface area contributed by atoms with Crippen LogP contribution in [0, 0.1) is 0 Å². The maximum Gasteiger partial charge on any atom is 0.329 e. The number of nitrogens with one attached hydrogen (secondary N) is 2. The minimum atomic E-state index is -0.459. The molecule has 0 radical (unpaired) electrons. The predicted molar refractivity (Wildman–Crippen MR) is 95.0 cm³/mol. The average molecular weight is 355 g/mol. The Kier molecular flexibility index (Phi) is 4.63. The van der Waals surface area contributed by atoms with Crippen molar-refractivity contribution in [2.75, 3.05) is 37.6 Å². The number of benzene rings is 1. The number of nitrogens with zero attached hydrogens (tertiary/aromatic N) is 5. The topological polar surface area (TPSA) is 95.4 Å². The molecule has 9 nitrogen and oxygen atoms in total. The van der Waals surface area contributed by atoms with Crippen LogP contribution in [0.5, 0.6) is 0 Å². The van der Waals surface area contributed by atoms with Crippen molar-refractivity contribution in [2.45, 2.75) is 13.0 Å². The van der Waals surface area contributed by atoms with Crippen molar-refractivity contribution in [3.8, 4) is 5.69 Å². The lowest BCUT2D eigenvalue weighted by molar-refractivity contribution is -0.120. The summed E-state index contributed by atoms with van der Waals surface area (Å²) >= 11 is 0. The molecule has 1 aromatic heterocycles. The summed E-state index contributed by atoms with van der Waals surface area (Å²) in [4.78, 5) is 27.0. The molecule has 0 atom stereocenters. The first-order chi connectivity index (χ1) is 12.7. The van der Waals surface area contributed by atoms with Gasteiger partial charge in [-0.2, -0.15) is 0 Å². The first kappa shape index (κ1) is 16.7. The van der Waals surface area contributed by atoms with Crippen molar-refractivity contribution in [2.24, 2.45) is 0 Å². The number of imide groups is 1. The Morgan fingerprint density at radius 3 is 2.54 bits per heavy atom. The van der Waals surface area contributed by atoms with Crippen molar-refractivity contribution in [1.29, 1.82) is 0 Å². The molecule has 1 aromatic carbocycles. The summed E-state index contributed by atoms with van der Waals surface area (Å²) < 4.78 is 1.63. The molecule has 3 heterocycles. The first-order valence-electron chi connectivity index (χ1n) is 8.75. The summed E-state index contributed by atoms with van der Waals surface area (Å²) in [7, 11) is 0. The van der Waals surface area contributed by atoms with Crippen LogP contribution in [0.1, 0.15) is 12.0 Å². The van der Waals surface area contributed by atoms with Crippen molar-refractivity contribution in [3.63, 3.8) is 0 Å². The van der Waals surface area contributed by atoms with E-state index in [0.717, 1.165) is 38.4 Å². The highest BCUT2D eigenvalue weighted by molar-refractivity contribution is 6.05. The van der Waals surface area contributed by atoms with Gasteiger partial charge >= 0.3 is 6.03 Å². The number of hydrogen-bond donors (Lipinski definition) is 2. The van der Waals surface area contributed by atoms with Gasteiger partial charge in [0.15, 0.2) is 5.82 Å². The SMILES string of the molecule is O=C1CCN(c2cn(-c3ccc(CN4CCNCC4)cc3)nn2)C(=O)N1. The molecule has 26 heavy (non-hydrogen) atoms. The molecule has 2 aliphatic heterocycles. The second-order valence-electron chi connectivity index (χ2n) is 6.47. The predicted octanol–water partition coefficient (Wildman–Crippen LogP) is 0.119. The molecule has 9 heteroatoms. The molecular formula is C17H21N7O2. The number of hydrogen-bond acceptors (Lipinski definition) is 6. The Balaban J connectivity index is 1.44. The molecule has 0 unspecified atom stereocenters. The third-order valence-electron chi connectivity index (χ3n) is 4.63. The van der Waals surface area contributed by atoms with Crippen molar-refractivity contribution < 1.29 is 9.59 Å². The number of aromatic nitrogens is 3.